The summed E-state index contributed by atoms with van der Waals surface area (Å²) in [5.74, 6) is 0.812. The molecule has 3 heterocycles. The summed E-state index contributed by atoms with van der Waals surface area (Å²) < 4.78 is 28.8. The molecule has 0 bridgehead atoms. The van der Waals surface area contributed by atoms with Crippen LogP contribution in [0.2, 0.25) is 0 Å². The van der Waals surface area contributed by atoms with Crippen LogP contribution >= 0.6 is 0 Å². The van der Waals surface area contributed by atoms with Gasteiger partial charge in [-0.2, -0.15) is 0 Å². The summed E-state index contributed by atoms with van der Waals surface area (Å²) in [6, 6.07) is 17.3. The fraction of sp³-hybridized carbons (Fsp3) is 0.533. The van der Waals surface area contributed by atoms with E-state index in [9.17, 15) is 18.0 Å². The van der Waals surface area contributed by atoms with Crippen molar-refractivity contribution >= 4 is 21.8 Å². The monoisotopic (exact) mass is 553 g/mol. The maximum absolute atomic E-state index is 13.5. The second kappa shape index (κ2) is 11.3. The molecule has 3 aliphatic heterocycles. The molecule has 2 atom stereocenters. The highest BCUT2D eigenvalue weighted by Gasteiger charge is 2.48. The first-order chi connectivity index (χ1) is 18.7. The molecular formula is C30H39N3O5S. The predicted octanol–water partition coefficient (Wildman–Crippen LogP) is 3.78. The van der Waals surface area contributed by atoms with Crippen molar-refractivity contribution in [2.24, 2.45) is 11.3 Å². The SMILES string of the molecule is CCOC(=O)N1C[C@H](CN2CCC3(CC2)CCN(Cc2ccc(S(C)(=O)=O)cc2)C3=O)[C@@H](c2ccccc2)C1. The van der Waals surface area contributed by atoms with E-state index in [4.69, 9.17) is 4.74 Å². The number of carbonyl (C=O) groups is 2. The third-order valence-corrected chi connectivity index (χ3v) is 9.96. The Morgan fingerprint density at radius 1 is 0.974 bits per heavy atom. The summed E-state index contributed by atoms with van der Waals surface area (Å²) in [6.45, 7) is 7.47. The number of ether oxygens (including phenoxy) is 1. The number of sulfone groups is 1. The van der Waals surface area contributed by atoms with Crippen molar-refractivity contribution in [1.82, 2.24) is 14.7 Å². The van der Waals surface area contributed by atoms with E-state index in [0.717, 1.165) is 51.0 Å². The van der Waals surface area contributed by atoms with Crippen LogP contribution in [-0.4, -0.2) is 87.2 Å². The number of amides is 2. The highest BCUT2D eigenvalue weighted by atomic mass is 32.2. The molecule has 8 nitrogen and oxygen atoms in total. The Bertz CT molecular complexity index is 1270. The first-order valence-electron chi connectivity index (χ1n) is 14.0. The molecule has 1 spiro atoms. The van der Waals surface area contributed by atoms with Crippen molar-refractivity contribution < 1.29 is 22.7 Å². The number of likely N-dealkylation sites (tertiary alicyclic amines) is 3. The van der Waals surface area contributed by atoms with Crippen LogP contribution in [0.5, 0.6) is 0 Å². The molecule has 0 aromatic heterocycles. The van der Waals surface area contributed by atoms with Gasteiger partial charge in [0.1, 0.15) is 0 Å². The van der Waals surface area contributed by atoms with Gasteiger partial charge in [-0.3, -0.25) is 4.79 Å². The topological polar surface area (TPSA) is 87.2 Å². The van der Waals surface area contributed by atoms with E-state index in [0.29, 0.717) is 37.1 Å². The zero-order valence-corrected chi connectivity index (χ0v) is 23.7. The Kier molecular flexibility index (Phi) is 8.01. The van der Waals surface area contributed by atoms with Crippen molar-refractivity contribution in [3.8, 4) is 0 Å². The molecule has 2 aromatic carbocycles. The van der Waals surface area contributed by atoms with E-state index >= 15 is 0 Å². The normalized spacial score (nSPS) is 23.5. The molecule has 9 heteroatoms. The third-order valence-electron chi connectivity index (χ3n) is 8.83. The Morgan fingerprint density at radius 3 is 2.28 bits per heavy atom. The van der Waals surface area contributed by atoms with Crippen molar-refractivity contribution in [1.29, 1.82) is 0 Å². The summed E-state index contributed by atoms with van der Waals surface area (Å²) in [4.78, 5) is 32.6. The molecule has 39 heavy (non-hydrogen) atoms. The van der Waals surface area contributed by atoms with E-state index in [-0.39, 0.29) is 23.3 Å². The lowest BCUT2D eigenvalue weighted by molar-refractivity contribution is -0.139. The van der Waals surface area contributed by atoms with E-state index in [1.165, 1.54) is 11.8 Å². The summed E-state index contributed by atoms with van der Waals surface area (Å²) >= 11 is 0. The molecule has 0 saturated carbocycles. The molecule has 3 aliphatic rings. The van der Waals surface area contributed by atoms with Crippen LogP contribution in [0.15, 0.2) is 59.5 Å². The summed E-state index contributed by atoms with van der Waals surface area (Å²) in [5, 5.41) is 0. The minimum absolute atomic E-state index is 0.228. The molecule has 3 fully saturated rings. The molecule has 0 unspecified atom stereocenters. The van der Waals surface area contributed by atoms with E-state index in [1.807, 2.05) is 34.9 Å². The number of rotatable bonds is 7. The molecule has 0 aliphatic carbocycles. The number of nitrogens with zero attached hydrogens (tertiary/aromatic N) is 3. The van der Waals surface area contributed by atoms with E-state index in [1.54, 1.807) is 12.1 Å². The van der Waals surface area contributed by atoms with Gasteiger partial charge in [-0.15, -0.1) is 0 Å². The third kappa shape index (κ3) is 5.99. The highest BCUT2D eigenvalue weighted by molar-refractivity contribution is 7.90. The fourth-order valence-corrected chi connectivity index (χ4v) is 7.19. The van der Waals surface area contributed by atoms with Crippen LogP contribution in [0.25, 0.3) is 0 Å². The zero-order valence-electron chi connectivity index (χ0n) is 22.9. The molecule has 210 valence electrons. The van der Waals surface area contributed by atoms with Gasteiger partial charge in [0.2, 0.25) is 5.91 Å². The lowest BCUT2D eigenvalue weighted by atomic mass is 9.76. The summed E-state index contributed by atoms with van der Waals surface area (Å²) in [5.41, 5.74) is 1.91. The number of hydrogen-bond acceptors (Lipinski definition) is 6. The van der Waals surface area contributed by atoms with Crippen molar-refractivity contribution in [2.75, 3.05) is 52.1 Å². The number of piperidine rings is 1. The highest BCUT2D eigenvalue weighted by Crippen LogP contribution is 2.43. The average Bonchev–Trinajstić information content (AvgIpc) is 3.48. The molecule has 3 saturated heterocycles. The minimum Gasteiger partial charge on any atom is -0.450 e. The quantitative estimate of drug-likeness (QED) is 0.519. The Hall–Kier alpha value is -2.91. The second-order valence-corrected chi connectivity index (χ2v) is 13.4. The summed E-state index contributed by atoms with van der Waals surface area (Å²) in [6.07, 6.45) is 3.53. The number of hydrogen-bond donors (Lipinski definition) is 0. The van der Waals surface area contributed by atoms with Crippen LogP contribution in [0.3, 0.4) is 0 Å². The van der Waals surface area contributed by atoms with Gasteiger partial charge in [-0.1, -0.05) is 42.5 Å². The molecule has 2 amide bonds. The van der Waals surface area contributed by atoms with E-state index in [2.05, 4.69) is 29.2 Å². The minimum atomic E-state index is -3.23. The van der Waals surface area contributed by atoms with Crippen molar-refractivity contribution in [3.63, 3.8) is 0 Å². The Balaban J connectivity index is 1.19. The van der Waals surface area contributed by atoms with Gasteiger partial charge >= 0.3 is 6.09 Å². The molecule has 2 aromatic rings. The van der Waals surface area contributed by atoms with E-state index < -0.39 is 9.84 Å². The molecule has 0 N–H and O–H groups in total. The number of carbonyl (C=O) groups excluding carboxylic acids is 2. The summed E-state index contributed by atoms with van der Waals surface area (Å²) in [7, 11) is -3.23. The van der Waals surface area contributed by atoms with Gasteiger partial charge in [0.25, 0.3) is 0 Å². The fourth-order valence-electron chi connectivity index (χ4n) is 6.56. The predicted molar refractivity (Wildman–Crippen MR) is 149 cm³/mol. The molecule has 5 rings (SSSR count). The van der Waals surface area contributed by atoms with Crippen molar-refractivity contribution in [3.05, 3.63) is 65.7 Å². The van der Waals surface area contributed by atoms with Crippen LogP contribution in [-0.2, 0) is 25.9 Å². The van der Waals surface area contributed by atoms with Crippen LogP contribution < -0.4 is 0 Å². The first-order valence-corrected chi connectivity index (χ1v) is 15.8. The Labute approximate surface area is 231 Å². The zero-order chi connectivity index (χ0) is 27.6. The Morgan fingerprint density at radius 2 is 1.64 bits per heavy atom. The standard InChI is InChI=1S/C30H39N3O5S/c1-3-38-29(35)33-21-25(27(22-33)24-7-5-4-6-8-24)20-31-16-13-30(14-17-31)15-18-32(28(30)34)19-23-9-11-26(12-10-23)39(2,36)37/h4-12,25,27H,3,13-22H2,1-2H3/t25-,27+/m0/s1. The average molecular weight is 554 g/mol. The maximum atomic E-state index is 13.5. The van der Waals surface area contributed by atoms with Crippen molar-refractivity contribution in [2.45, 2.75) is 43.5 Å². The number of benzene rings is 2. The van der Waals surface area contributed by atoms with Crippen LogP contribution in [0.4, 0.5) is 4.79 Å². The lowest BCUT2D eigenvalue weighted by Gasteiger charge is -2.39. The van der Waals surface area contributed by atoms with Gasteiger partial charge in [0.05, 0.1) is 16.9 Å². The smallest absolute Gasteiger partial charge is 0.409 e. The van der Waals surface area contributed by atoms with Gasteiger partial charge in [0, 0.05) is 44.9 Å². The van der Waals surface area contributed by atoms with Gasteiger partial charge in [-0.05, 0) is 68.5 Å². The van der Waals surface area contributed by atoms with Crippen LogP contribution in [0, 0.1) is 11.3 Å². The molecular weight excluding hydrogens is 514 g/mol. The van der Waals surface area contributed by atoms with Gasteiger partial charge in [-0.25, -0.2) is 13.2 Å². The van der Waals surface area contributed by atoms with Gasteiger partial charge < -0.3 is 19.4 Å². The first kappa shape index (κ1) is 27.6. The lowest BCUT2D eigenvalue weighted by Crippen LogP contribution is -2.46. The maximum Gasteiger partial charge on any atom is 0.409 e. The van der Waals surface area contributed by atoms with Gasteiger partial charge in [0.15, 0.2) is 9.84 Å². The van der Waals surface area contributed by atoms with Crippen LogP contribution in [0.1, 0.15) is 43.2 Å². The molecule has 0 radical (unpaired) electrons. The second-order valence-electron chi connectivity index (χ2n) is 11.4. The largest absolute Gasteiger partial charge is 0.450 e.